The molecular formula is C17H21ClN4O2. The maximum absolute atomic E-state index is 12.1. The van der Waals surface area contributed by atoms with Gasteiger partial charge in [-0.05, 0) is 31.0 Å². The lowest BCUT2D eigenvalue weighted by Gasteiger charge is -2.21. The second-order valence-corrected chi connectivity index (χ2v) is 6.39. The van der Waals surface area contributed by atoms with Crippen LogP contribution in [0.5, 0.6) is 0 Å². The van der Waals surface area contributed by atoms with E-state index in [2.05, 4.69) is 20.4 Å². The van der Waals surface area contributed by atoms with Gasteiger partial charge in [0, 0.05) is 31.5 Å². The van der Waals surface area contributed by atoms with Crippen LogP contribution in [0, 0.1) is 6.92 Å². The second-order valence-electron chi connectivity index (χ2n) is 5.98. The predicted molar refractivity (Wildman–Crippen MR) is 90.5 cm³/mol. The Morgan fingerprint density at radius 2 is 2.29 bits per heavy atom. The molecule has 1 aromatic carbocycles. The summed E-state index contributed by atoms with van der Waals surface area (Å²) in [5.41, 5.74) is 0.925. The molecule has 0 spiro atoms. The minimum Gasteiger partial charge on any atom is -0.352 e. The van der Waals surface area contributed by atoms with Gasteiger partial charge >= 0.3 is 0 Å². The number of nitrogens with zero attached hydrogens (tertiary/aromatic N) is 3. The Bertz CT molecular complexity index is 703. The summed E-state index contributed by atoms with van der Waals surface area (Å²) in [6.07, 6.45) is 2.53. The first kappa shape index (κ1) is 16.9. The van der Waals surface area contributed by atoms with Crippen molar-refractivity contribution in [2.24, 2.45) is 0 Å². The molecule has 2 heterocycles. The third-order valence-corrected chi connectivity index (χ3v) is 4.63. The summed E-state index contributed by atoms with van der Waals surface area (Å²) >= 11 is 6.09. The van der Waals surface area contributed by atoms with Gasteiger partial charge in [0.1, 0.15) is 0 Å². The first-order valence-corrected chi connectivity index (χ1v) is 8.55. The molecule has 1 saturated heterocycles. The average molecular weight is 349 g/mol. The molecule has 1 aromatic heterocycles. The average Bonchev–Trinajstić information content (AvgIpc) is 3.20. The smallest absolute Gasteiger partial charge is 0.223 e. The summed E-state index contributed by atoms with van der Waals surface area (Å²) in [7, 11) is 0. The first-order valence-electron chi connectivity index (χ1n) is 8.18. The van der Waals surface area contributed by atoms with Crippen LogP contribution in [0.3, 0.4) is 0 Å². The van der Waals surface area contributed by atoms with Crippen molar-refractivity contribution in [3.05, 3.63) is 46.6 Å². The van der Waals surface area contributed by atoms with Gasteiger partial charge in [0.05, 0.1) is 6.04 Å². The number of carbonyl (C=O) groups is 1. The maximum Gasteiger partial charge on any atom is 0.223 e. The minimum absolute atomic E-state index is 0.0184. The van der Waals surface area contributed by atoms with Crippen LogP contribution in [0.15, 0.2) is 28.8 Å². The highest BCUT2D eigenvalue weighted by Gasteiger charge is 2.29. The number of carbonyl (C=O) groups excluding carboxylic acids is 1. The summed E-state index contributed by atoms with van der Waals surface area (Å²) in [5.74, 6) is 1.32. The molecule has 0 aliphatic carbocycles. The van der Waals surface area contributed by atoms with Crippen LogP contribution in [-0.2, 0) is 11.3 Å². The van der Waals surface area contributed by atoms with Gasteiger partial charge in [-0.25, -0.2) is 0 Å². The van der Waals surface area contributed by atoms with Gasteiger partial charge in [0.25, 0.3) is 0 Å². The number of hydrogen-bond donors (Lipinski definition) is 1. The molecule has 7 heteroatoms. The number of amides is 1. The van der Waals surface area contributed by atoms with Crippen molar-refractivity contribution < 1.29 is 9.32 Å². The van der Waals surface area contributed by atoms with Crippen molar-refractivity contribution in [3.8, 4) is 0 Å². The topological polar surface area (TPSA) is 71.3 Å². The number of likely N-dealkylation sites (tertiary alicyclic amines) is 1. The summed E-state index contributed by atoms with van der Waals surface area (Å²) in [5, 5.41) is 7.61. The molecule has 1 fully saturated rings. The fourth-order valence-corrected chi connectivity index (χ4v) is 3.21. The summed E-state index contributed by atoms with van der Waals surface area (Å²) in [6, 6.07) is 7.68. The van der Waals surface area contributed by atoms with Gasteiger partial charge in [0.15, 0.2) is 5.82 Å². The molecule has 1 atom stereocenters. The highest BCUT2D eigenvalue weighted by molar-refractivity contribution is 6.31. The van der Waals surface area contributed by atoms with Crippen molar-refractivity contribution >= 4 is 17.5 Å². The molecule has 0 saturated carbocycles. The summed E-state index contributed by atoms with van der Waals surface area (Å²) in [6.45, 7) is 3.88. The number of aryl methyl sites for hydroxylation is 1. The zero-order chi connectivity index (χ0) is 16.9. The van der Waals surface area contributed by atoms with Gasteiger partial charge in [0.2, 0.25) is 11.8 Å². The fourth-order valence-electron chi connectivity index (χ4n) is 3.01. The monoisotopic (exact) mass is 348 g/mol. The molecule has 1 amide bonds. The SMILES string of the molecule is Cc1nc([C@H]2CCCN2CCC(=O)NCc2ccccc2Cl)no1. The van der Waals surface area contributed by atoms with Gasteiger partial charge in [-0.1, -0.05) is 35.0 Å². The molecule has 24 heavy (non-hydrogen) atoms. The molecule has 0 radical (unpaired) electrons. The van der Waals surface area contributed by atoms with Crippen molar-refractivity contribution in [1.82, 2.24) is 20.4 Å². The van der Waals surface area contributed by atoms with Gasteiger partial charge < -0.3 is 9.84 Å². The summed E-state index contributed by atoms with van der Waals surface area (Å²) in [4.78, 5) is 18.7. The Labute approximate surface area is 146 Å². The zero-order valence-corrected chi connectivity index (χ0v) is 14.4. The van der Waals surface area contributed by atoms with E-state index in [9.17, 15) is 4.79 Å². The second kappa shape index (κ2) is 7.77. The minimum atomic E-state index is 0.0184. The van der Waals surface area contributed by atoms with E-state index in [1.165, 1.54) is 0 Å². The van der Waals surface area contributed by atoms with E-state index in [1.54, 1.807) is 6.92 Å². The quantitative estimate of drug-likeness (QED) is 0.869. The number of nitrogens with one attached hydrogen (secondary N) is 1. The Kier molecular flexibility index (Phi) is 5.48. The van der Waals surface area contributed by atoms with Gasteiger partial charge in [-0.3, -0.25) is 9.69 Å². The zero-order valence-electron chi connectivity index (χ0n) is 13.7. The largest absolute Gasteiger partial charge is 0.352 e. The fraction of sp³-hybridized carbons (Fsp3) is 0.471. The Morgan fingerprint density at radius 3 is 3.04 bits per heavy atom. The van der Waals surface area contributed by atoms with Crippen LogP contribution in [0.25, 0.3) is 0 Å². The van der Waals surface area contributed by atoms with Gasteiger partial charge in [-0.2, -0.15) is 4.98 Å². The molecule has 1 N–H and O–H groups in total. The number of rotatable bonds is 6. The Morgan fingerprint density at radius 1 is 1.46 bits per heavy atom. The van der Waals surface area contributed by atoms with Crippen molar-refractivity contribution in [1.29, 1.82) is 0 Å². The number of halogens is 1. The lowest BCUT2D eigenvalue weighted by molar-refractivity contribution is -0.121. The highest BCUT2D eigenvalue weighted by Crippen LogP contribution is 2.29. The van der Waals surface area contributed by atoms with E-state index >= 15 is 0 Å². The number of benzene rings is 1. The van der Waals surface area contributed by atoms with E-state index in [1.807, 2.05) is 24.3 Å². The van der Waals surface area contributed by atoms with Crippen molar-refractivity contribution in [3.63, 3.8) is 0 Å². The van der Waals surface area contributed by atoms with E-state index in [-0.39, 0.29) is 11.9 Å². The maximum atomic E-state index is 12.1. The lowest BCUT2D eigenvalue weighted by Crippen LogP contribution is -2.31. The Balaban J connectivity index is 1.48. The van der Waals surface area contributed by atoms with Gasteiger partial charge in [-0.15, -0.1) is 0 Å². The molecule has 1 aliphatic heterocycles. The highest BCUT2D eigenvalue weighted by atomic mass is 35.5. The van der Waals surface area contributed by atoms with Crippen LogP contribution in [0.2, 0.25) is 5.02 Å². The van der Waals surface area contributed by atoms with Crippen molar-refractivity contribution in [2.45, 2.75) is 38.8 Å². The van der Waals surface area contributed by atoms with Crippen LogP contribution < -0.4 is 5.32 Å². The van der Waals surface area contributed by atoms with Crippen LogP contribution >= 0.6 is 11.6 Å². The number of hydrogen-bond acceptors (Lipinski definition) is 5. The molecule has 0 bridgehead atoms. The van der Waals surface area contributed by atoms with E-state index in [0.29, 0.717) is 30.4 Å². The van der Waals surface area contributed by atoms with Crippen molar-refractivity contribution in [2.75, 3.05) is 13.1 Å². The standard InChI is InChI=1S/C17H21ClN4O2/c1-12-20-17(21-24-12)15-7-4-9-22(15)10-8-16(23)19-11-13-5-2-3-6-14(13)18/h2-3,5-6,15H,4,7-11H2,1H3,(H,19,23)/t15-/m1/s1. The molecule has 128 valence electrons. The van der Waals surface area contributed by atoms with Crippen LogP contribution in [0.1, 0.15) is 42.6 Å². The third-order valence-electron chi connectivity index (χ3n) is 4.26. The number of aromatic nitrogens is 2. The lowest BCUT2D eigenvalue weighted by atomic mass is 10.2. The molecule has 0 unspecified atom stereocenters. The molecule has 1 aliphatic rings. The molecule has 6 nitrogen and oxygen atoms in total. The first-order chi connectivity index (χ1) is 11.6. The summed E-state index contributed by atoms with van der Waals surface area (Å²) < 4.78 is 5.07. The van der Waals surface area contributed by atoms with E-state index in [0.717, 1.165) is 30.8 Å². The van der Waals surface area contributed by atoms with E-state index in [4.69, 9.17) is 16.1 Å². The molecular weight excluding hydrogens is 328 g/mol. The van der Waals surface area contributed by atoms with E-state index < -0.39 is 0 Å². The molecule has 2 aromatic rings. The Hall–Kier alpha value is -1.92. The van der Waals surface area contributed by atoms with Crippen LogP contribution in [0.4, 0.5) is 0 Å². The predicted octanol–water partition coefficient (Wildman–Crippen LogP) is 2.87. The molecule has 3 rings (SSSR count). The van der Waals surface area contributed by atoms with Crippen LogP contribution in [-0.4, -0.2) is 34.0 Å². The normalized spacial score (nSPS) is 18.0. The third kappa shape index (κ3) is 4.13.